The number of hydrogen-bond acceptors (Lipinski definition) is 5. The lowest BCUT2D eigenvalue weighted by Crippen LogP contribution is -2.23. The first-order chi connectivity index (χ1) is 10.1. The van der Waals surface area contributed by atoms with Crippen LogP contribution in [0.2, 0.25) is 0 Å². The molecule has 0 saturated heterocycles. The molecule has 21 heavy (non-hydrogen) atoms. The summed E-state index contributed by atoms with van der Waals surface area (Å²) in [6.07, 6.45) is 7.07. The molecular weight excluding hydrogens is 282 g/mol. The molecule has 2 saturated carbocycles. The van der Waals surface area contributed by atoms with Gasteiger partial charge in [-0.25, -0.2) is 0 Å². The minimum Gasteiger partial charge on any atom is -0.396 e. The summed E-state index contributed by atoms with van der Waals surface area (Å²) >= 11 is 1.41. The highest BCUT2D eigenvalue weighted by atomic mass is 32.1. The van der Waals surface area contributed by atoms with Crippen LogP contribution < -0.4 is 10.6 Å². The number of thiophene rings is 1. The molecule has 1 heterocycles. The Hall–Kier alpha value is -1.54. The quantitative estimate of drug-likeness (QED) is 0.846. The van der Waals surface area contributed by atoms with Crippen molar-refractivity contribution in [3.05, 3.63) is 10.4 Å². The molecule has 0 atom stereocenters. The van der Waals surface area contributed by atoms with Gasteiger partial charge in [0.1, 0.15) is 16.6 Å². The second-order valence-electron chi connectivity index (χ2n) is 6.31. The van der Waals surface area contributed by atoms with Gasteiger partial charge in [-0.05, 0) is 31.6 Å². The highest BCUT2D eigenvalue weighted by Gasteiger charge is 2.34. The van der Waals surface area contributed by atoms with E-state index < -0.39 is 0 Å². The van der Waals surface area contributed by atoms with Crippen molar-refractivity contribution in [2.24, 2.45) is 11.8 Å². The van der Waals surface area contributed by atoms with Gasteiger partial charge < -0.3 is 10.6 Å². The minimum atomic E-state index is 0.134. The maximum absolute atomic E-state index is 12.3. The number of nitrogens with two attached hydrogens (primary N) is 1. The summed E-state index contributed by atoms with van der Waals surface area (Å²) in [5, 5.41) is 10.3. The molecule has 0 spiro atoms. The zero-order valence-electron chi connectivity index (χ0n) is 12.4. The topological polar surface area (TPSA) is 70.1 Å². The van der Waals surface area contributed by atoms with Crippen LogP contribution in [0.25, 0.3) is 0 Å². The van der Waals surface area contributed by atoms with E-state index in [1.807, 2.05) is 7.05 Å². The van der Waals surface area contributed by atoms with Gasteiger partial charge in [0, 0.05) is 19.5 Å². The third kappa shape index (κ3) is 2.77. The summed E-state index contributed by atoms with van der Waals surface area (Å²) in [6, 6.07) is 2.20. The van der Waals surface area contributed by atoms with Crippen LogP contribution in [-0.4, -0.2) is 19.4 Å². The number of carbonyl (C=O) groups is 1. The molecular formula is C16H21N3OS. The van der Waals surface area contributed by atoms with Crippen LogP contribution in [0.1, 0.15) is 53.8 Å². The summed E-state index contributed by atoms with van der Waals surface area (Å²) in [4.78, 5) is 15.0. The monoisotopic (exact) mass is 303 g/mol. The predicted molar refractivity (Wildman–Crippen MR) is 85.7 cm³/mol. The Morgan fingerprint density at radius 2 is 2.05 bits per heavy atom. The summed E-state index contributed by atoms with van der Waals surface area (Å²) in [6.45, 7) is 0.950. The molecule has 0 aliphatic heterocycles. The molecule has 3 rings (SSSR count). The zero-order valence-corrected chi connectivity index (χ0v) is 13.2. The lowest BCUT2D eigenvalue weighted by Gasteiger charge is -2.21. The molecule has 2 aliphatic carbocycles. The number of nitrogens with zero attached hydrogens (tertiary/aromatic N) is 2. The Morgan fingerprint density at radius 3 is 2.62 bits per heavy atom. The molecule has 1 aromatic heterocycles. The first kappa shape index (κ1) is 14.4. The van der Waals surface area contributed by atoms with Crippen molar-refractivity contribution < 1.29 is 4.79 Å². The molecule has 0 unspecified atom stereocenters. The van der Waals surface area contributed by atoms with Crippen molar-refractivity contribution in [3.8, 4) is 6.07 Å². The third-order valence-electron chi connectivity index (χ3n) is 4.56. The smallest absolute Gasteiger partial charge is 0.178 e. The van der Waals surface area contributed by atoms with Gasteiger partial charge in [-0.15, -0.1) is 11.3 Å². The number of anilines is 2. The van der Waals surface area contributed by atoms with E-state index in [1.165, 1.54) is 37.0 Å². The van der Waals surface area contributed by atoms with Crippen LogP contribution in [0.3, 0.4) is 0 Å². The van der Waals surface area contributed by atoms with E-state index in [0.717, 1.165) is 24.4 Å². The number of Topliss-reactive ketones (excluding diaryl/α,β-unsaturated/α-hetero) is 1. The van der Waals surface area contributed by atoms with Crippen molar-refractivity contribution in [2.75, 3.05) is 24.2 Å². The number of ketones is 1. The van der Waals surface area contributed by atoms with Crippen molar-refractivity contribution in [1.29, 1.82) is 5.26 Å². The fourth-order valence-corrected chi connectivity index (χ4v) is 4.35. The first-order valence-corrected chi connectivity index (χ1v) is 8.51. The Balaban J connectivity index is 1.84. The number of nitriles is 1. The van der Waals surface area contributed by atoms with E-state index in [0.29, 0.717) is 22.0 Å². The van der Waals surface area contributed by atoms with Crippen LogP contribution in [0, 0.1) is 23.2 Å². The van der Waals surface area contributed by atoms with E-state index in [-0.39, 0.29) is 11.7 Å². The summed E-state index contributed by atoms with van der Waals surface area (Å²) in [7, 11) is 2.01. The predicted octanol–water partition coefficient (Wildman–Crippen LogP) is 3.42. The summed E-state index contributed by atoms with van der Waals surface area (Å²) in [5.74, 6) is 0.979. The highest BCUT2D eigenvalue weighted by molar-refractivity contribution is 7.19. The Labute approximate surface area is 129 Å². The first-order valence-electron chi connectivity index (χ1n) is 7.69. The molecule has 112 valence electrons. The maximum atomic E-state index is 12.3. The number of nitrogen functional groups attached to an aromatic ring is 1. The van der Waals surface area contributed by atoms with Crippen molar-refractivity contribution >= 4 is 27.8 Å². The molecule has 0 aromatic carbocycles. The average Bonchev–Trinajstić information content (AvgIpc) is 3.10. The second kappa shape index (κ2) is 5.69. The van der Waals surface area contributed by atoms with Gasteiger partial charge in [0.05, 0.1) is 10.6 Å². The van der Waals surface area contributed by atoms with Crippen LogP contribution in [0.4, 0.5) is 10.7 Å². The lowest BCUT2D eigenvalue weighted by molar-refractivity contribution is 0.0972. The molecule has 1 aromatic rings. The van der Waals surface area contributed by atoms with Gasteiger partial charge in [0.15, 0.2) is 5.78 Å². The fraction of sp³-hybridized carbons (Fsp3) is 0.625. The number of carbonyl (C=O) groups excluding carboxylic acids is 1. The Kier molecular flexibility index (Phi) is 3.90. The van der Waals surface area contributed by atoms with E-state index in [1.54, 1.807) is 0 Å². The van der Waals surface area contributed by atoms with Crippen LogP contribution >= 0.6 is 11.3 Å². The van der Waals surface area contributed by atoms with Crippen molar-refractivity contribution in [2.45, 2.75) is 38.5 Å². The molecule has 0 amide bonds. The fourth-order valence-electron chi connectivity index (χ4n) is 3.19. The summed E-state index contributed by atoms with van der Waals surface area (Å²) < 4.78 is 0. The second-order valence-corrected chi connectivity index (χ2v) is 7.31. The average molecular weight is 303 g/mol. The lowest BCUT2D eigenvalue weighted by atomic mass is 10.1. The molecule has 2 N–H and O–H groups in total. The molecule has 2 fully saturated rings. The minimum absolute atomic E-state index is 0.134. The summed E-state index contributed by atoms with van der Waals surface area (Å²) in [5.41, 5.74) is 6.95. The van der Waals surface area contributed by atoms with Crippen LogP contribution in [-0.2, 0) is 0 Å². The van der Waals surface area contributed by atoms with Gasteiger partial charge in [-0.2, -0.15) is 5.26 Å². The van der Waals surface area contributed by atoms with E-state index in [9.17, 15) is 10.1 Å². The SMILES string of the molecule is CN(CC1CCCC1)c1sc(C(=O)C2CC2)c(N)c1C#N. The van der Waals surface area contributed by atoms with E-state index in [2.05, 4.69) is 11.0 Å². The number of rotatable bonds is 5. The van der Waals surface area contributed by atoms with Crippen molar-refractivity contribution in [3.63, 3.8) is 0 Å². The van der Waals surface area contributed by atoms with E-state index >= 15 is 0 Å². The Morgan fingerprint density at radius 1 is 1.38 bits per heavy atom. The zero-order chi connectivity index (χ0) is 15.0. The van der Waals surface area contributed by atoms with Gasteiger partial charge in [0.25, 0.3) is 0 Å². The number of hydrogen-bond donors (Lipinski definition) is 1. The standard InChI is InChI=1S/C16H21N3OS/c1-19(9-10-4-2-3-5-10)16-12(8-17)13(18)15(21-16)14(20)11-6-7-11/h10-11H,2-7,9,18H2,1H3. The van der Waals surface area contributed by atoms with Crippen LogP contribution in [0.15, 0.2) is 0 Å². The van der Waals surface area contributed by atoms with Gasteiger partial charge >= 0.3 is 0 Å². The Bertz CT molecular complexity index is 591. The largest absolute Gasteiger partial charge is 0.396 e. The maximum Gasteiger partial charge on any atom is 0.178 e. The third-order valence-corrected chi connectivity index (χ3v) is 5.90. The van der Waals surface area contributed by atoms with E-state index in [4.69, 9.17) is 5.73 Å². The highest BCUT2D eigenvalue weighted by Crippen LogP contribution is 2.43. The van der Waals surface area contributed by atoms with Gasteiger partial charge in [-0.1, -0.05) is 12.8 Å². The van der Waals surface area contributed by atoms with Gasteiger partial charge in [-0.3, -0.25) is 4.79 Å². The van der Waals surface area contributed by atoms with Crippen LogP contribution in [0.5, 0.6) is 0 Å². The molecule has 2 aliphatic rings. The molecule has 4 nitrogen and oxygen atoms in total. The molecule has 0 radical (unpaired) electrons. The molecule has 0 bridgehead atoms. The normalized spacial score (nSPS) is 18.7. The molecule has 5 heteroatoms. The van der Waals surface area contributed by atoms with Gasteiger partial charge in [0.2, 0.25) is 0 Å². The van der Waals surface area contributed by atoms with Crippen molar-refractivity contribution in [1.82, 2.24) is 0 Å².